The van der Waals surface area contributed by atoms with E-state index >= 15 is 0 Å². The first-order valence-electron chi connectivity index (χ1n) is 7.45. The van der Waals surface area contributed by atoms with Gasteiger partial charge in [-0.25, -0.2) is 0 Å². The van der Waals surface area contributed by atoms with Crippen LogP contribution in [0.15, 0.2) is 30.3 Å². The molecule has 0 spiro atoms. The molecule has 23 heavy (non-hydrogen) atoms. The molecule has 1 aliphatic heterocycles. The Bertz CT molecular complexity index is 758. The molecule has 0 bridgehead atoms. The summed E-state index contributed by atoms with van der Waals surface area (Å²) >= 11 is 0. The van der Waals surface area contributed by atoms with E-state index < -0.39 is 0 Å². The first-order chi connectivity index (χ1) is 11.0. The van der Waals surface area contributed by atoms with Crippen molar-refractivity contribution in [2.24, 2.45) is 5.73 Å². The maximum atomic E-state index is 10.7. The van der Waals surface area contributed by atoms with Crippen LogP contribution in [0.4, 0.5) is 11.4 Å². The summed E-state index contributed by atoms with van der Waals surface area (Å²) in [4.78, 5) is 10.7. The Balaban J connectivity index is 1.76. The van der Waals surface area contributed by atoms with Gasteiger partial charge in [-0.05, 0) is 43.0 Å². The number of aromatic hydroxyl groups is 2. The molecule has 0 aliphatic carbocycles. The Kier molecular flexibility index (Phi) is 3.97. The lowest BCUT2D eigenvalue weighted by Crippen LogP contribution is -2.09. The van der Waals surface area contributed by atoms with Crippen molar-refractivity contribution in [3.05, 3.63) is 35.9 Å². The Morgan fingerprint density at radius 3 is 2.65 bits per heavy atom. The van der Waals surface area contributed by atoms with Gasteiger partial charge in [-0.2, -0.15) is 0 Å². The third-order valence-electron chi connectivity index (χ3n) is 3.75. The Morgan fingerprint density at radius 2 is 1.87 bits per heavy atom. The lowest BCUT2D eigenvalue weighted by atomic mass is 10.0. The predicted octanol–water partition coefficient (Wildman–Crippen LogP) is 3.15. The number of phenolic OH excluding ortho intramolecular Hbond substituents is 2. The van der Waals surface area contributed by atoms with Crippen LogP contribution < -0.4 is 15.8 Å². The number of hydrogen-bond donors (Lipinski definition) is 4. The molecule has 0 aromatic heterocycles. The normalized spacial score (nSPS) is 11.8. The minimum absolute atomic E-state index is 0.115. The highest BCUT2D eigenvalue weighted by Crippen LogP contribution is 2.45. The number of carbonyl (C=O) groups is 1. The number of amides is 1. The fourth-order valence-corrected chi connectivity index (χ4v) is 2.57. The number of hydrogen-bond acceptors (Lipinski definition) is 5. The average molecular weight is 314 g/mol. The van der Waals surface area contributed by atoms with E-state index in [4.69, 9.17) is 10.5 Å². The topological polar surface area (TPSA) is 105 Å². The summed E-state index contributed by atoms with van der Waals surface area (Å²) in [6.45, 7) is 0. The van der Waals surface area contributed by atoms with Crippen LogP contribution in [0, 0.1) is 0 Å². The van der Waals surface area contributed by atoms with Crippen LogP contribution in [-0.4, -0.2) is 16.1 Å². The molecular weight excluding hydrogens is 296 g/mol. The molecule has 0 saturated carbocycles. The van der Waals surface area contributed by atoms with Crippen molar-refractivity contribution in [2.75, 3.05) is 5.32 Å². The molecule has 0 radical (unpaired) electrons. The number of phenols is 2. The molecule has 6 nitrogen and oxygen atoms in total. The van der Waals surface area contributed by atoms with E-state index in [-0.39, 0.29) is 17.4 Å². The Hall–Kier alpha value is -2.89. The number of aryl methyl sites for hydroxylation is 1. The Morgan fingerprint density at radius 1 is 1.09 bits per heavy atom. The van der Waals surface area contributed by atoms with Gasteiger partial charge in [0.25, 0.3) is 0 Å². The number of unbranched alkanes of at least 4 members (excludes halogenated alkanes) is 1. The maximum absolute atomic E-state index is 10.7. The van der Waals surface area contributed by atoms with E-state index in [1.165, 1.54) is 6.07 Å². The zero-order chi connectivity index (χ0) is 16.4. The zero-order valence-electron chi connectivity index (χ0n) is 12.5. The van der Waals surface area contributed by atoms with Gasteiger partial charge < -0.3 is 26.0 Å². The minimum atomic E-state index is -0.311. The molecule has 120 valence electrons. The summed E-state index contributed by atoms with van der Waals surface area (Å²) in [5.74, 6) is 0.958. The number of nitrogens with two attached hydrogens (primary N) is 1. The summed E-state index contributed by atoms with van der Waals surface area (Å²) in [5, 5.41) is 22.9. The van der Waals surface area contributed by atoms with Gasteiger partial charge in [0.15, 0.2) is 11.5 Å². The van der Waals surface area contributed by atoms with Crippen molar-refractivity contribution >= 4 is 17.3 Å². The lowest BCUT2D eigenvalue weighted by molar-refractivity contribution is -0.118. The third kappa shape index (κ3) is 3.31. The van der Waals surface area contributed by atoms with Crippen molar-refractivity contribution < 1.29 is 19.7 Å². The van der Waals surface area contributed by atoms with Gasteiger partial charge in [-0.1, -0.05) is 0 Å². The molecule has 6 heteroatoms. The molecule has 0 unspecified atom stereocenters. The van der Waals surface area contributed by atoms with Gasteiger partial charge in [0.05, 0.1) is 11.4 Å². The summed E-state index contributed by atoms with van der Waals surface area (Å²) in [5.41, 5.74) is 7.41. The summed E-state index contributed by atoms with van der Waals surface area (Å²) in [7, 11) is 0. The van der Waals surface area contributed by atoms with Crippen LogP contribution in [0.5, 0.6) is 23.0 Å². The van der Waals surface area contributed by atoms with Crippen LogP contribution in [0.3, 0.4) is 0 Å². The van der Waals surface area contributed by atoms with Gasteiger partial charge in [0.2, 0.25) is 5.91 Å². The van der Waals surface area contributed by atoms with E-state index in [1.807, 2.05) is 6.07 Å². The van der Waals surface area contributed by atoms with Crippen LogP contribution in [-0.2, 0) is 11.2 Å². The first-order valence-corrected chi connectivity index (χ1v) is 7.45. The first kappa shape index (κ1) is 15.0. The Labute approximate surface area is 133 Å². The zero-order valence-corrected chi connectivity index (χ0v) is 12.5. The largest absolute Gasteiger partial charge is 0.508 e. The summed E-state index contributed by atoms with van der Waals surface area (Å²) in [6, 6.07) is 8.21. The van der Waals surface area contributed by atoms with Crippen LogP contribution in [0.1, 0.15) is 24.8 Å². The SMILES string of the molecule is NC(=O)CCCCc1cc2c(cc1O)Oc1cc(O)ccc1N2. The number of anilines is 2. The molecule has 1 heterocycles. The summed E-state index contributed by atoms with van der Waals surface area (Å²) < 4.78 is 5.71. The number of rotatable bonds is 5. The highest BCUT2D eigenvalue weighted by molar-refractivity contribution is 5.77. The average Bonchev–Trinajstić information content (AvgIpc) is 2.50. The van der Waals surface area contributed by atoms with Crippen molar-refractivity contribution in [3.8, 4) is 23.0 Å². The number of primary amides is 1. The predicted molar refractivity (Wildman–Crippen MR) is 86.3 cm³/mol. The standard InChI is InChI=1S/C17H18N2O4/c18-17(22)4-2-1-3-10-7-13-16(9-14(10)21)23-15-8-11(20)5-6-12(15)19-13/h5-9,19-21H,1-4H2,(H2,18,22). The fraction of sp³-hybridized carbons (Fsp3) is 0.235. The number of fused-ring (bicyclic) bond motifs is 2. The molecule has 0 fully saturated rings. The van der Waals surface area contributed by atoms with Crippen molar-refractivity contribution in [1.82, 2.24) is 0 Å². The van der Waals surface area contributed by atoms with Gasteiger partial charge in [0.1, 0.15) is 11.5 Å². The minimum Gasteiger partial charge on any atom is -0.508 e. The smallest absolute Gasteiger partial charge is 0.217 e. The highest BCUT2D eigenvalue weighted by atomic mass is 16.5. The quantitative estimate of drug-likeness (QED) is 0.428. The van der Waals surface area contributed by atoms with E-state index in [2.05, 4.69) is 5.32 Å². The number of benzene rings is 2. The van der Waals surface area contributed by atoms with E-state index in [1.54, 1.807) is 18.2 Å². The molecule has 5 N–H and O–H groups in total. The molecule has 0 atom stereocenters. The van der Waals surface area contributed by atoms with Gasteiger partial charge in [-0.3, -0.25) is 4.79 Å². The third-order valence-corrected chi connectivity index (χ3v) is 3.75. The molecule has 2 aromatic carbocycles. The van der Waals surface area contributed by atoms with Crippen LogP contribution in [0.2, 0.25) is 0 Å². The van der Waals surface area contributed by atoms with E-state index in [9.17, 15) is 15.0 Å². The number of carbonyl (C=O) groups excluding carboxylic acids is 1. The second kappa shape index (κ2) is 6.08. The lowest BCUT2D eigenvalue weighted by Gasteiger charge is -2.23. The van der Waals surface area contributed by atoms with Crippen LogP contribution in [0.25, 0.3) is 0 Å². The molecule has 1 amide bonds. The molecule has 1 aliphatic rings. The monoisotopic (exact) mass is 314 g/mol. The van der Waals surface area contributed by atoms with Crippen molar-refractivity contribution in [1.29, 1.82) is 0 Å². The van der Waals surface area contributed by atoms with Crippen LogP contribution >= 0.6 is 0 Å². The molecule has 0 saturated heterocycles. The second-order valence-electron chi connectivity index (χ2n) is 5.56. The highest BCUT2D eigenvalue weighted by Gasteiger charge is 2.19. The molecule has 3 rings (SSSR count). The van der Waals surface area contributed by atoms with E-state index in [0.717, 1.165) is 23.4 Å². The summed E-state index contributed by atoms with van der Waals surface area (Å²) in [6.07, 6.45) is 2.46. The van der Waals surface area contributed by atoms with Gasteiger partial charge in [0, 0.05) is 18.6 Å². The molecular formula is C17H18N2O4. The van der Waals surface area contributed by atoms with Gasteiger partial charge in [-0.15, -0.1) is 0 Å². The van der Waals surface area contributed by atoms with Gasteiger partial charge >= 0.3 is 0 Å². The van der Waals surface area contributed by atoms with Crippen molar-refractivity contribution in [3.63, 3.8) is 0 Å². The fourth-order valence-electron chi connectivity index (χ4n) is 2.57. The number of nitrogens with one attached hydrogen (secondary N) is 1. The maximum Gasteiger partial charge on any atom is 0.217 e. The number of ether oxygens (including phenoxy) is 1. The molecule has 2 aromatic rings. The second-order valence-corrected chi connectivity index (χ2v) is 5.56. The van der Waals surface area contributed by atoms with E-state index in [0.29, 0.717) is 30.8 Å². The van der Waals surface area contributed by atoms with Crippen molar-refractivity contribution in [2.45, 2.75) is 25.7 Å².